The number of halogens is 1. The van der Waals surface area contributed by atoms with Gasteiger partial charge < -0.3 is 10.8 Å². The molecule has 0 aliphatic heterocycles. The van der Waals surface area contributed by atoms with Crippen molar-refractivity contribution in [3.8, 4) is 0 Å². The van der Waals surface area contributed by atoms with Crippen LogP contribution in [-0.4, -0.2) is 11.1 Å². The first kappa shape index (κ1) is 12.0. The second-order valence-electron chi connectivity index (χ2n) is 3.76. The fourth-order valence-electron chi connectivity index (χ4n) is 1.69. The van der Waals surface area contributed by atoms with Crippen molar-refractivity contribution in [1.29, 1.82) is 0 Å². The van der Waals surface area contributed by atoms with Gasteiger partial charge in [0.1, 0.15) is 0 Å². The lowest BCUT2D eigenvalue weighted by molar-refractivity contribution is 0.0695. The van der Waals surface area contributed by atoms with Gasteiger partial charge in [-0.25, -0.2) is 4.79 Å². The first-order valence-corrected chi connectivity index (χ1v) is 4.78. The van der Waals surface area contributed by atoms with Crippen LogP contribution in [-0.2, 0) is 0 Å². The van der Waals surface area contributed by atoms with Crippen molar-refractivity contribution in [2.24, 2.45) is 11.7 Å². The molecule has 1 aliphatic rings. The van der Waals surface area contributed by atoms with E-state index in [0.29, 0.717) is 11.5 Å². The summed E-state index contributed by atoms with van der Waals surface area (Å²) in [6.45, 7) is 0. The Hall–Kier alpha value is -1.06. The first-order chi connectivity index (χ1) is 6.70. The van der Waals surface area contributed by atoms with Crippen molar-refractivity contribution in [3.05, 3.63) is 35.4 Å². The molecule has 0 saturated heterocycles. The smallest absolute Gasteiger partial charge is 0.336 e. The molecule has 1 atom stereocenters. The Kier molecular flexibility index (Phi) is 3.72. The quantitative estimate of drug-likeness (QED) is 0.832. The molecular formula is C11H14ClNO2. The topological polar surface area (TPSA) is 63.3 Å². The van der Waals surface area contributed by atoms with E-state index in [1.165, 1.54) is 0 Å². The number of aromatic carboxylic acids is 1. The molecule has 1 aromatic carbocycles. The third-order valence-corrected chi connectivity index (χ3v) is 2.68. The maximum Gasteiger partial charge on any atom is 0.336 e. The van der Waals surface area contributed by atoms with E-state index in [2.05, 4.69) is 0 Å². The van der Waals surface area contributed by atoms with Gasteiger partial charge in [-0.2, -0.15) is 0 Å². The maximum atomic E-state index is 10.9. The number of hydrogen-bond acceptors (Lipinski definition) is 2. The summed E-state index contributed by atoms with van der Waals surface area (Å²) in [5, 5.41) is 8.96. The standard InChI is InChI=1S/C11H13NO2.ClH/c12-10(7-5-6-7)8-3-1-2-4-9(8)11(13)14;/h1-4,7,10H,5-6,12H2,(H,13,14);1H/t10-;/m0./s1. The molecule has 4 heteroatoms. The molecule has 0 spiro atoms. The van der Waals surface area contributed by atoms with Crippen LogP contribution in [0.3, 0.4) is 0 Å². The Balaban J connectivity index is 0.00000112. The van der Waals surface area contributed by atoms with Crippen LogP contribution in [0.1, 0.15) is 34.8 Å². The van der Waals surface area contributed by atoms with E-state index in [0.717, 1.165) is 18.4 Å². The van der Waals surface area contributed by atoms with Gasteiger partial charge in [0.25, 0.3) is 0 Å². The summed E-state index contributed by atoms with van der Waals surface area (Å²) in [5.41, 5.74) is 7.08. The summed E-state index contributed by atoms with van der Waals surface area (Å²) < 4.78 is 0. The number of carboxylic acids is 1. The molecule has 0 amide bonds. The molecular weight excluding hydrogens is 214 g/mol. The lowest BCUT2D eigenvalue weighted by Gasteiger charge is -2.13. The molecule has 1 aliphatic carbocycles. The van der Waals surface area contributed by atoms with E-state index < -0.39 is 5.97 Å². The van der Waals surface area contributed by atoms with E-state index in [4.69, 9.17) is 10.8 Å². The molecule has 0 radical (unpaired) electrons. The molecule has 1 fully saturated rings. The second-order valence-corrected chi connectivity index (χ2v) is 3.76. The number of hydrogen-bond donors (Lipinski definition) is 2. The lowest BCUT2D eigenvalue weighted by Crippen LogP contribution is -2.16. The fraction of sp³-hybridized carbons (Fsp3) is 0.364. The van der Waals surface area contributed by atoms with Gasteiger partial charge in [-0.3, -0.25) is 0 Å². The number of carbonyl (C=O) groups is 1. The summed E-state index contributed by atoms with van der Waals surface area (Å²) in [5.74, 6) is -0.410. The molecule has 1 saturated carbocycles. The average Bonchev–Trinajstić information content (AvgIpc) is 3.00. The minimum absolute atomic E-state index is 0. The Morgan fingerprint density at radius 3 is 2.53 bits per heavy atom. The van der Waals surface area contributed by atoms with Gasteiger partial charge in [-0.1, -0.05) is 18.2 Å². The normalized spacial score (nSPS) is 16.6. The molecule has 0 bridgehead atoms. The van der Waals surface area contributed by atoms with Crippen molar-refractivity contribution < 1.29 is 9.90 Å². The summed E-state index contributed by atoms with van der Waals surface area (Å²) >= 11 is 0. The fourth-order valence-corrected chi connectivity index (χ4v) is 1.69. The van der Waals surface area contributed by atoms with Gasteiger partial charge >= 0.3 is 5.97 Å². The molecule has 3 nitrogen and oxygen atoms in total. The molecule has 15 heavy (non-hydrogen) atoms. The zero-order chi connectivity index (χ0) is 10.1. The third-order valence-electron chi connectivity index (χ3n) is 2.68. The first-order valence-electron chi connectivity index (χ1n) is 4.78. The van der Waals surface area contributed by atoms with Crippen LogP contribution in [0.25, 0.3) is 0 Å². The number of nitrogens with two attached hydrogens (primary N) is 1. The number of rotatable bonds is 3. The van der Waals surface area contributed by atoms with Crippen LogP contribution in [0.4, 0.5) is 0 Å². The molecule has 82 valence electrons. The van der Waals surface area contributed by atoms with E-state index in [9.17, 15) is 4.79 Å². The van der Waals surface area contributed by atoms with Crippen LogP contribution < -0.4 is 5.73 Å². The van der Waals surface area contributed by atoms with Gasteiger partial charge in [-0.05, 0) is 30.4 Å². The zero-order valence-electron chi connectivity index (χ0n) is 8.22. The summed E-state index contributed by atoms with van der Waals surface area (Å²) in [6.07, 6.45) is 2.24. The van der Waals surface area contributed by atoms with Crippen molar-refractivity contribution in [1.82, 2.24) is 0 Å². The third kappa shape index (κ3) is 2.49. The van der Waals surface area contributed by atoms with E-state index in [1.54, 1.807) is 12.1 Å². The predicted octanol–water partition coefficient (Wildman–Crippen LogP) is 2.22. The van der Waals surface area contributed by atoms with Crippen molar-refractivity contribution in [2.75, 3.05) is 0 Å². The van der Waals surface area contributed by atoms with Gasteiger partial charge in [-0.15, -0.1) is 12.4 Å². The van der Waals surface area contributed by atoms with Gasteiger partial charge in [0.05, 0.1) is 5.56 Å². The number of benzene rings is 1. The van der Waals surface area contributed by atoms with Crippen LogP contribution in [0.15, 0.2) is 24.3 Å². The van der Waals surface area contributed by atoms with Crippen molar-refractivity contribution >= 4 is 18.4 Å². The summed E-state index contributed by atoms with van der Waals surface area (Å²) in [6, 6.07) is 6.88. The Labute approximate surface area is 94.7 Å². The highest BCUT2D eigenvalue weighted by molar-refractivity contribution is 5.89. The largest absolute Gasteiger partial charge is 0.478 e. The lowest BCUT2D eigenvalue weighted by atomic mass is 9.98. The van der Waals surface area contributed by atoms with E-state index >= 15 is 0 Å². The maximum absolute atomic E-state index is 10.9. The van der Waals surface area contributed by atoms with Crippen LogP contribution in [0, 0.1) is 5.92 Å². The summed E-state index contributed by atoms with van der Waals surface area (Å²) in [7, 11) is 0. The Morgan fingerprint density at radius 2 is 2.00 bits per heavy atom. The molecule has 3 N–H and O–H groups in total. The van der Waals surface area contributed by atoms with Crippen molar-refractivity contribution in [2.45, 2.75) is 18.9 Å². The molecule has 1 aromatic rings. The minimum Gasteiger partial charge on any atom is -0.478 e. The minimum atomic E-state index is -0.892. The number of carboxylic acid groups (broad SMARTS) is 1. The molecule has 2 rings (SSSR count). The van der Waals surface area contributed by atoms with Crippen molar-refractivity contribution in [3.63, 3.8) is 0 Å². The van der Waals surface area contributed by atoms with E-state index in [-0.39, 0.29) is 18.4 Å². The molecule has 0 heterocycles. The zero-order valence-corrected chi connectivity index (χ0v) is 9.04. The predicted molar refractivity (Wildman–Crippen MR) is 60.3 cm³/mol. The van der Waals surface area contributed by atoms with E-state index in [1.807, 2.05) is 12.1 Å². The van der Waals surface area contributed by atoms with Gasteiger partial charge in [0.15, 0.2) is 0 Å². The Bertz CT molecular complexity index is 363. The SMILES string of the molecule is Cl.N[C@H](c1ccccc1C(=O)O)C1CC1. The average molecular weight is 228 g/mol. The van der Waals surface area contributed by atoms with Crippen LogP contribution in [0.5, 0.6) is 0 Å². The monoisotopic (exact) mass is 227 g/mol. The highest BCUT2D eigenvalue weighted by Gasteiger charge is 2.31. The molecule has 0 aromatic heterocycles. The summed E-state index contributed by atoms with van der Waals surface area (Å²) in [4.78, 5) is 10.9. The Morgan fingerprint density at radius 1 is 1.40 bits per heavy atom. The van der Waals surface area contributed by atoms with Crippen LogP contribution >= 0.6 is 12.4 Å². The second kappa shape index (κ2) is 4.64. The van der Waals surface area contributed by atoms with Gasteiger partial charge in [0, 0.05) is 6.04 Å². The van der Waals surface area contributed by atoms with Gasteiger partial charge in [0.2, 0.25) is 0 Å². The highest BCUT2D eigenvalue weighted by atomic mass is 35.5. The highest BCUT2D eigenvalue weighted by Crippen LogP contribution is 2.40. The van der Waals surface area contributed by atoms with Crippen LogP contribution in [0.2, 0.25) is 0 Å². The molecule has 0 unspecified atom stereocenters.